The molecular weight excluding hydrogens is 292 g/mol. The molecular formula is C13H16N4O3S. The van der Waals surface area contributed by atoms with E-state index in [1.54, 1.807) is 12.4 Å². The molecule has 1 aromatic heterocycles. The van der Waals surface area contributed by atoms with Gasteiger partial charge in [0.05, 0.1) is 0 Å². The van der Waals surface area contributed by atoms with E-state index in [9.17, 15) is 4.79 Å². The summed E-state index contributed by atoms with van der Waals surface area (Å²) in [5, 5.41) is 9.58. The van der Waals surface area contributed by atoms with Crippen molar-refractivity contribution in [1.29, 1.82) is 0 Å². The fraction of sp³-hybridized carbons (Fsp3) is 0.0769. The van der Waals surface area contributed by atoms with Crippen molar-refractivity contribution in [2.75, 3.05) is 5.32 Å². The summed E-state index contributed by atoms with van der Waals surface area (Å²) < 4.78 is 17.6. The number of aromatic nitrogens is 1. The van der Waals surface area contributed by atoms with Gasteiger partial charge in [-0.3, -0.25) is 4.98 Å². The summed E-state index contributed by atoms with van der Waals surface area (Å²) in [5.41, 5.74) is 1.79. The first-order chi connectivity index (χ1) is 10.1. The van der Waals surface area contributed by atoms with Crippen molar-refractivity contribution in [2.45, 2.75) is 6.54 Å². The van der Waals surface area contributed by atoms with Crippen LogP contribution in [0.5, 0.6) is 0 Å². The Morgan fingerprint density at radius 3 is 2.24 bits per heavy atom. The molecule has 0 saturated heterocycles. The van der Waals surface area contributed by atoms with Gasteiger partial charge < -0.3 is 10.6 Å². The summed E-state index contributed by atoms with van der Waals surface area (Å²) in [4.78, 5) is 15.5. The van der Waals surface area contributed by atoms with Gasteiger partial charge in [0.1, 0.15) is 0 Å². The number of hydrogen-bond acceptors (Lipinski definition) is 4. The fourth-order valence-electron chi connectivity index (χ4n) is 1.38. The lowest BCUT2D eigenvalue weighted by atomic mass is 10.3. The number of carbonyl (C=O) groups is 1. The van der Waals surface area contributed by atoms with Gasteiger partial charge in [-0.1, -0.05) is 18.2 Å². The minimum absolute atomic E-state index is 0.215. The molecule has 21 heavy (non-hydrogen) atoms. The Kier molecular flexibility index (Phi) is 7.47. The van der Waals surface area contributed by atoms with E-state index >= 15 is 0 Å². The average Bonchev–Trinajstić information content (AvgIpc) is 2.47. The highest BCUT2D eigenvalue weighted by Crippen LogP contribution is 2.04. The zero-order valence-corrected chi connectivity index (χ0v) is 12.0. The second-order valence-corrected chi connectivity index (χ2v) is 4.39. The molecule has 112 valence electrons. The molecule has 0 atom stereocenters. The summed E-state index contributed by atoms with van der Waals surface area (Å²) in [7, 11) is -2.62. The number of hydrogen-bond donors (Lipinski definition) is 4. The van der Waals surface area contributed by atoms with Gasteiger partial charge in [-0.25, -0.2) is 18.4 Å². The molecule has 2 rings (SSSR count). The highest BCUT2D eigenvalue weighted by Gasteiger charge is 2.00. The van der Waals surface area contributed by atoms with Crippen LogP contribution in [0.15, 0.2) is 54.9 Å². The lowest BCUT2D eigenvalue weighted by Gasteiger charge is -2.07. The van der Waals surface area contributed by atoms with Gasteiger partial charge in [0, 0.05) is 24.6 Å². The topological polar surface area (TPSA) is 114 Å². The van der Waals surface area contributed by atoms with Crippen LogP contribution < -0.4 is 15.8 Å². The molecule has 2 amide bonds. The van der Waals surface area contributed by atoms with Crippen LogP contribution in [-0.4, -0.2) is 19.4 Å². The van der Waals surface area contributed by atoms with Gasteiger partial charge in [0.2, 0.25) is 0 Å². The van der Waals surface area contributed by atoms with E-state index in [2.05, 4.69) is 20.8 Å². The summed E-state index contributed by atoms with van der Waals surface area (Å²) in [6.07, 6.45) is 3.40. The molecule has 4 N–H and O–H groups in total. The molecule has 0 radical (unpaired) electrons. The second-order valence-electron chi connectivity index (χ2n) is 3.81. The molecule has 0 spiro atoms. The normalized spacial score (nSPS) is 9.43. The van der Waals surface area contributed by atoms with Gasteiger partial charge >= 0.3 is 6.03 Å². The van der Waals surface area contributed by atoms with Crippen LogP contribution >= 0.6 is 0 Å². The predicted octanol–water partition coefficient (Wildman–Crippen LogP) is 0.875. The number of pyridine rings is 1. The first kappa shape index (κ1) is 16.6. The van der Waals surface area contributed by atoms with E-state index in [0.717, 1.165) is 11.3 Å². The Bertz CT molecular complexity index is 610. The Hall–Kier alpha value is -2.45. The molecule has 0 saturated carbocycles. The number of anilines is 1. The molecule has 0 fully saturated rings. The van der Waals surface area contributed by atoms with E-state index in [0.29, 0.717) is 6.54 Å². The summed E-state index contributed by atoms with van der Waals surface area (Å²) in [6.45, 7) is 0.487. The van der Waals surface area contributed by atoms with E-state index in [4.69, 9.17) is 8.42 Å². The SMILES string of the molecule is N[SH](=O)=O.O=C(NCc1ccncc1)Nc1ccccc1. The monoisotopic (exact) mass is 308 g/mol. The quantitative estimate of drug-likeness (QED) is 0.630. The molecule has 0 aliphatic heterocycles. The van der Waals surface area contributed by atoms with Crippen molar-refractivity contribution in [2.24, 2.45) is 5.14 Å². The highest BCUT2D eigenvalue weighted by atomic mass is 32.2. The van der Waals surface area contributed by atoms with Crippen molar-refractivity contribution in [3.63, 3.8) is 0 Å². The Labute approximate surface area is 124 Å². The number of nitrogens with zero attached hydrogens (tertiary/aromatic N) is 1. The van der Waals surface area contributed by atoms with Gasteiger partial charge in [-0.15, -0.1) is 0 Å². The lowest BCUT2D eigenvalue weighted by Crippen LogP contribution is -2.28. The maximum absolute atomic E-state index is 11.5. The van der Waals surface area contributed by atoms with Crippen molar-refractivity contribution < 1.29 is 13.2 Å². The van der Waals surface area contributed by atoms with Crippen LogP contribution in [-0.2, 0) is 17.4 Å². The van der Waals surface area contributed by atoms with Crippen LogP contribution in [0.3, 0.4) is 0 Å². The van der Waals surface area contributed by atoms with Gasteiger partial charge in [0.25, 0.3) is 0 Å². The van der Waals surface area contributed by atoms with Gasteiger partial charge in [0.15, 0.2) is 10.9 Å². The van der Waals surface area contributed by atoms with Crippen molar-refractivity contribution in [1.82, 2.24) is 10.3 Å². The smallest absolute Gasteiger partial charge is 0.319 e. The maximum Gasteiger partial charge on any atom is 0.319 e. The van der Waals surface area contributed by atoms with E-state index in [1.165, 1.54) is 0 Å². The lowest BCUT2D eigenvalue weighted by molar-refractivity contribution is 0.251. The third kappa shape index (κ3) is 8.35. The zero-order valence-electron chi connectivity index (χ0n) is 11.1. The minimum atomic E-state index is -2.62. The number of amides is 2. The van der Waals surface area contributed by atoms with Crippen LogP contribution in [0.2, 0.25) is 0 Å². The molecule has 0 bridgehead atoms. The van der Waals surface area contributed by atoms with E-state index < -0.39 is 10.9 Å². The molecule has 8 heteroatoms. The summed E-state index contributed by atoms with van der Waals surface area (Å²) in [6, 6.07) is 12.8. The number of carbonyl (C=O) groups excluding carboxylic acids is 1. The highest BCUT2D eigenvalue weighted by molar-refractivity contribution is 7.69. The third-order valence-corrected chi connectivity index (χ3v) is 2.23. The summed E-state index contributed by atoms with van der Waals surface area (Å²) in [5.74, 6) is 0. The Morgan fingerprint density at radius 1 is 1.10 bits per heavy atom. The summed E-state index contributed by atoms with van der Waals surface area (Å²) >= 11 is 0. The minimum Gasteiger partial charge on any atom is -0.334 e. The van der Waals surface area contributed by atoms with E-state index in [1.807, 2.05) is 42.5 Å². The van der Waals surface area contributed by atoms with Crippen LogP contribution in [0.25, 0.3) is 0 Å². The first-order valence-corrected chi connectivity index (χ1v) is 7.20. The van der Waals surface area contributed by atoms with Crippen molar-refractivity contribution in [3.05, 3.63) is 60.4 Å². The van der Waals surface area contributed by atoms with Crippen LogP contribution in [0.4, 0.5) is 10.5 Å². The number of urea groups is 1. The third-order valence-electron chi connectivity index (χ3n) is 2.23. The van der Waals surface area contributed by atoms with E-state index in [-0.39, 0.29) is 6.03 Å². The number of nitrogens with one attached hydrogen (secondary N) is 2. The van der Waals surface area contributed by atoms with Crippen molar-refractivity contribution in [3.8, 4) is 0 Å². The molecule has 7 nitrogen and oxygen atoms in total. The number of nitrogens with two attached hydrogens (primary N) is 1. The van der Waals surface area contributed by atoms with Gasteiger partial charge in [-0.05, 0) is 29.8 Å². The van der Waals surface area contributed by atoms with Gasteiger partial charge in [-0.2, -0.15) is 0 Å². The van der Waals surface area contributed by atoms with Crippen LogP contribution in [0, 0.1) is 0 Å². The molecule has 0 aliphatic rings. The van der Waals surface area contributed by atoms with Crippen molar-refractivity contribution >= 4 is 22.6 Å². The average molecular weight is 308 g/mol. The first-order valence-electron chi connectivity index (χ1n) is 5.96. The molecule has 0 aliphatic carbocycles. The maximum atomic E-state index is 11.5. The fourth-order valence-corrected chi connectivity index (χ4v) is 1.38. The number of thiol groups is 1. The standard InChI is InChI=1S/C13H13N3O.H3NO2S/c17-13(16-12-4-2-1-3-5-12)15-10-11-6-8-14-9-7-11;1-4(2)3/h1-9H,10H2,(H2,15,16,17);4H,(H2,1,2,3). The number of para-hydroxylation sites is 1. The molecule has 1 aromatic carbocycles. The Morgan fingerprint density at radius 2 is 1.67 bits per heavy atom. The molecule has 1 heterocycles. The zero-order chi connectivity index (χ0) is 15.5. The second kappa shape index (κ2) is 9.45. The number of rotatable bonds is 3. The Balaban J connectivity index is 0.000000491. The van der Waals surface area contributed by atoms with Crippen LogP contribution in [0.1, 0.15) is 5.56 Å². The molecule has 0 unspecified atom stereocenters. The largest absolute Gasteiger partial charge is 0.334 e. The number of benzene rings is 1. The predicted molar refractivity (Wildman–Crippen MR) is 81.0 cm³/mol. The molecule has 2 aromatic rings.